The molecular weight excluding hydrogens is 259 g/mol. The molecule has 2 rings (SSSR count). The maximum absolute atomic E-state index is 13.4. The van der Waals surface area contributed by atoms with Crippen molar-refractivity contribution in [3.05, 3.63) is 53.1 Å². The fourth-order valence-corrected chi connectivity index (χ4v) is 1.87. The molecule has 0 bridgehead atoms. The van der Waals surface area contributed by atoms with E-state index < -0.39 is 0 Å². The first-order chi connectivity index (χ1) is 9.60. The first-order valence-electron chi connectivity index (χ1n) is 6.24. The molecule has 0 spiro atoms. The third-order valence-electron chi connectivity index (χ3n) is 2.77. The summed E-state index contributed by atoms with van der Waals surface area (Å²) in [5, 5.41) is 0. The Kier molecular flexibility index (Phi) is 4.53. The minimum absolute atomic E-state index is 0.242. The number of halogens is 1. The number of rotatable bonds is 5. The molecule has 1 aromatic carbocycles. The van der Waals surface area contributed by atoms with E-state index in [9.17, 15) is 4.39 Å². The molecule has 1 aromatic heterocycles. The van der Waals surface area contributed by atoms with Crippen LogP contribution in [-0.2, 0) is 13.2 Å². The van der Waals surface area contributed by atoms with Gasteiger partial charge in [-0.25, -0.2) is 4.39 Å². The second-order valence-electron chi connectivity index (χ2n) is 4.43. The summed E-state index contributed by atoms with van der Waals surface area (Å²) in [5.74, 6) is 0.795. The van der Waals surface area contributed by atoms with E-state index >= 15 is 0 Å². The first-order valence-corrected chi connectivity index (χ1v) is 6.24. The van der Waals surface area contributed by atoms with Gasteiger partial charge in [-0.15, -0.1) is 0 Å². The number of aromatic nitrogens is 1. The van der Waals surface area contributed by atoms with Crippen LogP contribution in [0, 0.1) is 12.7 Å². The van der Waals surface area contributed by atoms with Crippen LogP contribution in [0.2, 0.25) is 0 Å². The Morgan fingerprint density at radius 1 is 1.15 bits per heavy atom. The molecule has 0 amide bonds. The highest BCUT2D eigenvalue weighted by molar-refractivity contribution is 5.30. The maximum Gasteiger partial charge on any atom is 0.130 e. The molecular formula is C15H17FN2O2. The highest BCUT2D eigenvalue weighted by atomic mass is 19.1. The van der Waals surface area contributed by atoms with Crippen molar-refractivity contribution < 1.29 is 13.9 Å². The molecule has 1 heterocycles. The lowest BCUT2D eigenvalue weighted by molar-refractivity contribution is 0.298. The highest BCUT2D eigenvalue weighted by Gasteiger charge is 2.04. The van der Waals surface area contributed by atoms with E-state index in [1.165, 1.54) is 12.1 Å². The quantitative estimate of drug-likeness (QED) is 0.912. The van der Waals surface area contributed by atoms with Crippen molar-refractivity contribution in [2.24, 2.45) is 5.73 Å². The minimum atomic E-state index is -0.363. The van der Waals surface area contributed by atoms with Crippen molar-refractivity contribution in [3.8, 4) is 11.5 Å². The van der Waals surface area contributed by atoms with Crippen LogP contribution in [0.5, 0.6) is 11.5 Å². The van der Waals surface area contributed by atoms with Gasteiger partial charge in [0.2, 0.25) is 0 Å². The van der Waals surface area contributed by atoms with Crippen molar-refractivity contribution in [2.45, 2.75) is 20.1 Å². The number of hydrogen-bond acceptors (Lipinski definition) is 4. The molecule has 0 aliphatic heterocycles. The zero-order valence-electron chi connectivity index (χ0n) is 11.5. The fourth-order valence-electron chi connectivity index (χ4n) is 1.87. The molecule has 0 saturated heterocycles. The largest absolute Gasteiger partial charge is 0.497 e. The zero-order valence-corrected chi connectivity index (χ0v) is 11.5. The van der Waals surface area contributed by atoms with Gasteiger partial charge >= 0.3 is 0 Å². The Hall–Kier alpha value is -2.14. The van der Waals surface area contributed by atoms with E-state index in [0.717, 1.165) is 17.1 Å². The van der Waals surface area contributed by atoms with Gasteiger partial charge in [-0.1, -0.05) is 0 Å². The van der Waals surface area contributed by atoms with Crippen LogP contribution in [0.1, 0.15) is 17.0 Å². The van der Waals surface area contributed by atoms with Gasteiger partial charge in [-0.2, -0.15) is 0 Å². The second kappa shape index (κ2) is 6.34. The monoisotopic (exact) mass is 276 g/mol. The SMILES string of the molecule is COc1cc(C)nc(COc2cc(F)cc(CN)c2)c1. The van der Waals surface area contributed by atoms with Gasteiger partial charge in [-0.3, -0.25) is 4.98 Å². The van der Waals surface area contributed by atoms with Crippen LogP contribution in [0.4, 0.5) is 4.39 Å². The third-order valence-corrected chi connectivity index (χ3v) is 2.77. The summed E-state index contributed by atoms with van der Waals surface area (Å²) < 4.78 is 24.1. The molecule has 0 radical (unpaired) electrons. The first kappa shape index (κ1) is 14.3. The van der Waals surface area contributed by atoms with Crippen LogP contribution >= 0.6 is 0 Å². The molecule has 0 unspecified atom stereocenters. The Balaban J connectivity index is 2.12. The van der Waals surface area contributed by atoms with Gasteiger partial charge < -0.3 is 15.2 Å². The summed E-state index contributed by atoms with van der Waals surface area (Å²) in [6.45, 7) is 2.39. The van der Waals surface area contributed by atoms with Gasteiger partial charge in [0.15, 0.2) is 0 Å². The summed E-state index contributed by atoms with van der Waals surface area (Å²) in [5.41, 5.74) is 7.75. The topological polar surface area (TPSA) is 57.4 Å². The molecule has 106 valence electrons. The number of aryl methyl sites for hydroxylation is 1. The van der Waals surface area contributed by atoms with Crippen molar-refractivity contribution in [3.63, 3.8) is 0 Å². The van der Waals surface area contributed by atoms with Crippen molar-refractivity contribution >= 4 is 0 Å². The summed E-state index contributed by atoms with van der Waals surface area (Å²) in [4.78, 5) is 4.34. The van der Waals surface area contributed by atoms with Crippen LogP contribution in [0.25, 0.3) is 0 Å². The summed E-state index contributed by atoms with van der Waals surface area (Å²) in [6, 6.07) is 8.05. The Morgan fingerprint density at radius 3 is 2.65 bits per heavy atom. The number of nitrogens with two attached hydrogens (primary N) is 1. The Bertz CT molecular complexity index is 549. The lowest BCUT2D eigenvalue weighted by atomic mass is 10.2. The summed E-state index contributed by atoms with van der Waals surface area (Å²) in [7, 11) is 1.60. The standard InChI is InChI=1S/C15H17FN2O2/c1-10-3-14(19-2)7-13(18-10)9-20-15-5-11(8-17)4-12(16)6-15/h3-7H,8-9,17H2,1-2H3. The molecule has 4 nitrogen and oxygen atoms in total. The molecule has 0 atom stereocenters. The predicted octanol–water partition coefficient (Wildman–Crippen LogP) is 2.58. The highest BCUT2D eigenvalue weighted by Crippen LogP contribution is 2.19. The van der Waals surface area contributed by atoms with E-state index in [-0.39, 0.29) is 19.0 Å². The summed E-state index contributed by atoms with van der Waals surface area (Å²) >= 11 is 0. The van der Waals surface area contributed by atoms with E-state index in [2.05, 4.69) is 4.98 Å². The molecule has 0 aliphatic carbocycles. The fraction of sp³-hybridized carbons (Fsp3) is 0.267. The van der Waals surface area contributed by atoms with E-state index in [0.29, 0.717) is 11.3 Å². The average molecular weight is 276 g/mol. The lowest BCUT2D eigenvalue weighted by Gasteiger charge is -2.09. The second-order valence-corrected chi connectivity index (χ2v) is 4.43. The van der Waals surface area contributed by atoms with E-state index in [4.69, 9.17) is 15.2 Å². The van der Waals surface area contributed by atoms with Crippen LogP contribution in [-0.4, -0.2) is 12.1 Å². The van der Waals surface area contributed by atoms with Crippen LogP contribution in [0.15, 0.2) is 30.3 Å². The van der Waals surface area contributed by atoms with Crippen LogP contribution < -0.4 is 15.2 Å². The predicted molar refractivity (Wildman–Crippen MR) is 74.1 cm³/mol. The number of methoxy groups -OCH3 is 1. The normalized spacial score (nSPS) is 10.4. The number of benzene rings is 1. The Labute approximate surface area is 117 Å². The van der Waals surface area contributed by atoms with E-state index in [1.807, 2.05) is 13.0 Å². The van der Waals surface area contributed by atoms with Gasteiger partial charge in [0, 0.05) is 30.4 Å². The maximum atomic E-state index is 13.4. The van der Waals surface area contributed by atoms with Gasteiger partial charge in [0.1, 0.15) is 23.9 Å². The lowest BCUT2D eigenvalue weighted by Crippen LogP contribution is -2.02. The van der Waals surface area contributed by atoms with Crippen LogP contribution in [0.3, 0.4) is 0 Å². The molecule has 2 aromatic rings. The third kappa shape index (κ3) is 3.68. The molecule has 0 saturated carbocycles. The number of hydrogen-bond donors (Lipinski definition) is 1. The smallest absolute Gasteiger partial charge is 0.130 e. The van der Waals surface area contributed by atoms with Gasteiger partial charge in [-0.05, 0) is 24.6 Å². The number of ether oxygens (including phenoxy) is 2. The summed E-state index contributed by atoms with van der Waals surface area (Å²) in [6.07, 6.45) is 0. The number of pyridine rings is 1. The Morgan fingerprint density at radius 2 is 1.95 bits per heavy atom. The molecule has 20 heavy (non-hydrogen) atoms. The van der Waals surface area contributed by atoms with Crippen molar-refractivity contribution in [2.75, 3.05) is 7.11 Å². The molecule has 0 aliphatic rings. The van der Waals surface area contributed by atoms with Crippen molar-refractivity contribution in [1.29, 1.82) is 0 Å². The van der Waals surface area contributed by atoms with Crippen molar-refractivity contribution in [1.82, 2.24) is 4.98 Å². The van der Waals surface area contributed by atoms with Gasteiger partial charge in [0.05, 0.1) is 12.8 Å². The number of nitrogens with zero attached hydrogens (tertiary/aromatic N) is 1. The molecule has 2 N–H and O–H groups in total. The zero-order chi connectivity index (χ0) is 14.5. The average Bonchev–Trinajstić information content (AvgIpc) is 2.44. The molecule has 5 heteroatoms. The molecule has 0 fully saturated rings. The van der Waals surface area contributed by atoms with Gasteiger partial charge in [0.25, 0.3) is 0 Å². The minimum Gasteiger partial charge on any atom is -0.497 e. The van der Waals surface area contributed by atoms with E-state index in [1.54, 1.807) is 19.2 Å².